The van der Waals surface area contributed by atoms with E-state index in [0.717, 1.165) is 12.3 Å². The Hall–Kier alpha value is -2.28. The lowest BCUT2D eigenvalue weighted by molar-refractivity contribution is 0.510. The number of aromatic nitrogens is 1. The van der Waals surface area contributed by atoms with Crippen LogP contribution in [0.25, 0.3) is 10.9 Å². The second kappa shape index (κ2) is 4.61. The molecule has 2 aliphatic rings. The molecule has 1 saturated carbocycles. The zero-order valence-electron chi connectivity index (χ0n) is 13.5. The summed E-state index contributed by atoms with van der Waals surface area (Å²) in [5.74, 6) is 0.739. The van der Waals surface area contributed by atoms with Crippen LogP contribution in [-0.2, 0) is 18.9 Å². The number of nitrogens with zero attached hydrogens (tertiary/aromatic N) is 1. The van der Waals surface area contributed by atoms with Crippen molar-refractivity contribution in [2.45, 2.75) is 24.7 Å². The van der Waals surface area contributed by atoms with Gasteiger partial charge < -0.3 is 4.57 Å². The molecule has 0 amide bonds. The minimum Gasteiger partial charge on any atom is -0.346 e. The molecule has 1 unspecified atom stereocenters. The van der Waals surface area contributed by atoms with Crippen molar-refractivity contribution in [2.75, 3.05) is 0 Å². The largest absolute Gasteiger partial charge is 0.346 e. The van der Waals surface area contributed by atoms with Crippen LogP contribution in [0.5, 0.6) is 0 Å². The number of para-hydroxylation sites is 1. The zero-order chi connectivity index (χ0) is 15.4. The second-order valence-corrected chi connectivity index (χ2v) is 7.02. The molecule has 0 aliphatic heterocycles. The Kier molecular flexibility index (Phi) is 2.64. The molecule has 1 atom stereocenters. The second-order valence-electron chi connectivity index (χ2n) is 7.02. The van der Waals surface area contributed by atoms with Crippen LogP contribution < -0.4 is 0 Å². The highest BCUT2D eigenvalue weighted by Crippen LogP contribution is 2.55. The number of benzene rings is 2. The van der Waals surface area contributed by atoms with Crippen LogP contribution >= 0.6 is 0 Å². The maximum atomic E-state index is 2.50. The molecule has 23 heavy (non-hydrogen) atoms. The molecule has 1 fully saturated rings. The van der Waals surface area contributed by atoms with Gasteiger partial charge in [-0.2, -0.15) is 0 Å². The van der Waals surface area contributed by atoms with Crippen molar-refractivity contribution in [2.24, 2.45) is 13.0 Å². The van der Waals surface area contributed by atoms with E-state index in [-0.39, 0.29) is 5.41 Å². The third kappa shape index (κ3) is 1.68. The van der Waals surface area contributed by atoms with Crippen LogP contribution in [-0.4, -0.2) is 4.57 Å². The van der Waals surface area contributed by atoms with Crippen molar-refractivity contribution in [3.05, 3.63) is 83.6 Å². The molecule has 0 saturated heterocycles. The van der Waals surface area contributed by atoms with Crippen LogP contribution in [0.4, 0.5) is 0 Å². The molecule has 1 aromatic heterocycles. The van der Waals surface area contributed by atoms with E-state index in [4.69, 9.17) is 0 Å². The number of aryl methyl sites for hydroxylation is 1. The first kappa shape index (κ1) is 13.2. The van der Waals surface area contributed by atoms with Gasteiger partial charge in [0.2, 0.25) is 0 Å². The minimum atomic E-state index is 0.0581. The number of hydrogen-bond acceptors (Lipinski definition) is 0. The molecule has 0 spiro atoms. The van der Waals surface area contributed by atoms with Crippen molar-refractivity contribution in [1.29, 1.82) is 0 Å². The van der Waals surface area contributed by atoms with Gasteiger partial charge in [-0.3, -0.25) is 0 Å². The maximum absolute atomic E-state index is 2.50. The summed E-state index contributed by atoms with van der Waals surface area (Å²) in [4.78, 5) is 0. The fourth-order valence-corrected chi connectivity index (χ4v) is 4.70. The van der Waals surface area contributed by atoms with Crippen molar-refractivity contribution in [3.63, 3.8) is 0 Å². The monoisotopic (exact) mass is 299 g/mol. The quantitative estimate of drug-likeness (QED) is 0.588. The predicted octanol–water partition coefficient (Wildman–Crippen LogP) is 4.99. The van der Waals surface area contributed by atoms with Gasteiger partial charge in [0.25, 0.3) is 0 Å². The average Bonchev–Trinajstić information content (AvgIpc) is 3.43. The Morgan fingerprint density at radius 2 is 1.70 bits per heavy atom. The van der Waals surface area contributed by atoms with Gasteiger partial charge >= 0.3 is 0 Å². The first-order valence-electron chi connectivity index (χ1n) is 8.62. The average molecular weight is 299 g/mol. The van der Waals surface area contributed by atoms with E-state index < -0.39 is 0 Å². The Balaban J connectivity index is 1.89. The smallest absolute Gasteiger partial charge is 0.0565 e. The highest BCUT2D eigenvalue weighted by atomic mass is 15.0. The first-order valence-corrected chi connectivity index (χ1v) is 8.62. The number of fused-ring (bicyclic) bond motifs is 3. The molecular weight excluding hydrogens is 278 g/mol. The summed E-state index contributed by atoms with van der Waals surface area (Å²) >= 11 is 0. The zero-order valence-corrected chi connectivity index (χ0v) is 13.5. The molecule has 3 aromatic rings. The molecule has 0 bridgehead atoms. The molecule has 0 N–H and O–H groups in total. The third-order valence-corrected chi connectivity index (χ3v) is 5.78. The lowest BCUT2D eigenvalue weighted by Gasteiger charge is -2.36. The summed E-state index contributed by atoms with van der Waals surface area (Å²) in [6.07, 6.45) is 8.62. The van der Waals surface area contributed by atoms with Gasteiger partial charge in [-0.15, -0.1) is 0 Å². The summed E-state index contributed by atoms with van der Waals surface area (Å²) < 4.78 is 2.46. The van der Waals surface area contributed by atoms with E-state index >= 15 is 0 Å². The van der Waals surface area contributed by atoms with Crippen molar-refractivity contribution in [1.82, 2.24) is 4.57 Å². The lowest BCUT2D eigenvalue weighted by Crippen LogP contribution is -2.33. The van der Waals surface area contributed by atoms with E-state index in [1.165, 1.54) is 40.6 Å². The van der Waals surface area contributed by atoms with E-state index in [9.17, 15) is 0 Å². The number of rotatable bonds is 2. The number of hydrogen-bond donors (Lipinski definition) is 0. The Labute approximate surface area is 137 Å². The molecule has 1 heteroatoms. The summed E-state index contributed by atoms with van der Waals surface area (Å²) in [6, 6.07) is 20.0. The summed E-state index contributed by atoms with van der Waals surface area (Å²) in [5, 5.41) is 1.43. The topological polar surface area (TPSA) is 4.93 Å². The molecule has 114 valence electrons. The summed E-state index contributed by atoms with van der Waals surface area (Å²) in [5.41, 5.74) is 5.92. The van der Waals surface area contributed by atoms with E-state index in [1.54, 1.807) is 0 Å². The molecule has 1 heterocycles. The van der Waals surface area contributed by atoms with Crippen LogP contribution in [0.3, 0.4) is 0 Å². The predicted molar refractivity (Wildman–Crippen MR) is 95.7 cm³/mol. The van der Waals surface area contributed by atoms with Gasteiger partial charge in [0.15, 0.2) is 0 Å². The maximum Gasteiger partial charge on any atom is 0.0565 e. The normalized spacial score (nSPS) is 23.2. The highest BCUT2D eigenvalue weighted by Gasteiger charge is 2.49. The Morgan fingerprint density at radius 3 is 2.48 bits per heavy atom. The Morgan fingerprint density at radius 1 is 0.957 bits per heavy atom. The SMILES string of the molecule is Cn1c2c(c3ccccc31)CC=CC2(c1ccccc1)C1CC1. The van der Waals surface area contributed by atoms with E-state index in [2.05, 4.69) is 78.4 Å². The molecule has 1 nitrogen and oxygen atoms in total. The lowest BCUT2D eigenvalue weighted by atomic mass is 9.69. The molecule has 0 radical (unpaired) electrons. The van der Waals surface area contributed by atoms with Crippen LogP contribution in [0.1, 0.15) is 29.7 Å². The molecule has 5 rings (SSSR count). The number of allylic oxidation sites excluding steroid dienone is 2. The Bertz CT molecular complexity index is 912. The molecule has 2 aromatic carbocycles. The van der Waals surface area contributed by atoms with Crippen molar-refractivity contribution in [3.8, 4) is 0 Å². The molecule has 2 aliphatic carbocycles. The fourth-order valence-electron chi connectivity index (χ4n) is 4.70. The van der Waals surface area contributed by atoms with Gasteiger partial charge in [-0.05, 0) is 42.4 Å². The minimum absolute atomic E-state index is 0.0581. The van der Waals surface area contributed by atoms with Gasteiger partial charge in [0.1, 0.15) is 0 Å². The summed E-state index contributed by atoms with van der Waals surface area (Å²) in [6.45, 7) is 0. The highest BCUT2D eigenvalue weighted by molar-refractivity contribution is 5.87. The van der Waals surface area contributed by atoms with Crippen LogP contribution in [0.15, 0.2) is 66.7 Å². The molecular formula is C22H21N. The van der Waals surface area contributed by atoms with Crippen LogP contribution in [0, 0.1) is 5.92 Å². The fraction of sp³-hybridized carbons (Fsp3) is 0.273. The van der Waals surface area contributed by atoms with E-state index in [1.807, 2.05) is 0 Å². The van der Waals surface area contributed by atoms with Gasteiger partial charge in [-0.25, -0.2) is 0 Å². The van der Waals surface area contributed by atoms with Crippen molar-refractivity contribution < 1.29 is 0 Å². The van der Waals surface area contributed by atoms with E-state index in [0.29, 0.717) is 0 Å². The van der Waals surface area contributed by atoms with Gasteiger partial charge in [0.05, 0.1) is 5.41 Å². The first-order chi connectivity index (χ1) is 11.3. The summed E-state index contributed by atoms with van der Waals surface area (Å²) in [7, 11) is 2.25. The third-order valence-electron chi connectivity index (χ3n) is 5.78. The van der Waals surface area contributed by atoms with Gasteiger partial charge in [0, 0.05) is 23.6 Å². The van der Waals surface area contributed by atoms with Gasteiger partial charge in [-0.1, -0.05) is 60.7 Å². The standard InChI is InChI=1S/C22H21N/c1-23-20-12-6-5-10-18(20)19-11-7-15-22(21(19)23,17-13-14-17)16-8-3-2-4-9-16/h2-10,12,15,17H,11,13-14H2,1H3. The van der Waals surface area contributed by atoms with Crippen molar-refractivity contribution >= 4 is 10.9 Å². The van der Waals surface area contributed by atoms with Crippen LogP contribution in [0.2, 0.25) is 0 Å².